The highest BCUT2D eigenvalue weighted by Crippen LogP contribution is 2.35. The lowest BCUT2D eigenvalue weighted by molar-refractivity contribution is -0.114. The van der Waals surface area contributed by atoms with Crippen LogP contribution in [0.3, 0.4) is 0 Å². The zero-order valence-electron chi connectivity index (χ0n) is 11.2. The summed E-state index contributed by atoms with van der Waals surface area (Å²) in [4.78, 5) is 17.0. The highest BCUT2D eigenvalue weighted by Gasteiger charge is 2.18. The van der Waals surface area contributed by atoms with Crippen LogP contribution in [0, 0.1) is 5.92 Å². The quantitative estimate of drug-likeness (QED) is 0.897. The van der Waals surface area contributed by atoms with Crippen LogP contribution < -0.4 is 5.32 Å². The zero-order valence-corrected chi connectivity index (χ0v) is 12.1. The third-order valence-corrected chi connectivity index (χ3v) is 3.91. The third-order valence-electron chi connectivity index (χ3n) is 2.92. The minimum Gasteiger partial charge on any atom is -0.302 e. The Kier molecular flexibility index (Phi) is 4.17. The van der Waals surface area contributed by atoms with Crippen molar-refractivity contribution in [3.63, 3.8) is 0 Å². The van der Waals surface area contributed by atoms with Gasteiger partial charge in [-0.1, -0.05) is 19.9 Å². The van der Waals surface area contributed by atoms with Gasteiger partial charge in [-0.15, -0.1) is 11.3 Å². The first kappa shape index (κ1) is 13.3. The van der Waals surface area contributed by atoms with Gasteiger partial charge in [-0.25, -0.2) is 4.98 Å². The van der Waals surface area contributed by atoms with Gasteiger partial charge in [0.05, 0.1) is 5.69 Å². The number of hydrogen-bond donors (Lipinski definition) is 1. The van der Waals surface area contributed by atoms with Crippen LogP contribution in [-0.2, 0) is 11.2 Å². The van der Waals surface area contributed by atoms with Gasteiger partial charge in [-0.3, -0.25) is 4.79 Å². The Bertz CT molecular complexity index is 474. The third kappa shape index (κ3) is 3.19. The average molecular weight is 264 g/mol. The molecule has 0 spiro atoms. The predicted molar refractivity (Wildman–Crippen MR) is 76.8 cm³/mol. The van der Waals surface area contributed by atoms with E-state index in [0.717, 1.165) is 30.1 Å². The predicted octanol–water partition coefficient (Wildman–Crippen LogP) is 3.87. The van der Waals surface area contributed by atoms with Crippen LogP contribution in [0.4, 0.5) is 5.13 Å². The molecule has 0 saturated heterocycles. The largest absolute Gasteiger partial charge is 0.302 e. The fourth-order valence-electron chi connectivity index (χ4n) is 2.20. The summed E-state index contributed by atoms with van der Waals surface area (Å²) in [6, 6.07) is 0. The molecule has 1 aromatic rings. The van der Waals surface area contributed by atoms with E-state index in [9.17, 15) is 4.79 Å². The molecular formula is C14H20N2OS. The number of nitrogens with zero attached hydrogens (tertiary/aromatic N) is 1. The van der Waals surface area contributed by atoms with Gasteiger partial charge in [0.1, 0.15) is 0 Å². The molecule has 98 valence electrons. The monoisotopic (exact) mass is 264 g/mol. The zero-order chi connectivity index (χ0) is 13.1. The molecule has 18 heavy (non-hydrogen) atoms. The van der Waals surface area contributed by atoms with Gasteiger partial charge in [0.25, 0.3) is 0 Å². The Balaban J connectivity index is 2.29. The van der Waals surface area contributed by atoms with Crippen LogP contribution in [0.5, 0.6) is 0 Å². The second kappa shape index (κ2) is 5.65. The number of rotatable bonds is 4. The summed E-state index contributed by atoms with van der Waals surface area (Å²) >= 11 is 1.62. The lowest BCUT2D eigenvalue weighted by Crippen LogP contribution is -2.05. The molecule has 3 nitrogen and oxygen atoms in total. The number of aromatic nitrogens is 1. The van der Waals surface area contributed by atoms with Crippen molar-refractivity contribution in [2.24, 2.45) is 5.92 Å². The van der Waals surface area contributed by atoms with Crippen molar-refractivity contribution in [3.8, 4) is 0 Å². The van der Waals surface area contributed by atoms with E-state index in [1.54, 1.807) is 11.3 Å². The van der Waals surface area contributed by atoms with Crippen LogP contribution >= 0.6 is 11.3 Å². The van der Waals surface area contributed by atoms with Crippen molar-refractivity contribution in [3.05, 3.63) is 16.6 Å². The number of carbonyl (C=O) groups excluding carboxylic acids is 1. The van der Waals surface area contributed by atoms with Gasteiger partial charge in [-0.2, -0.15) is 0 Å². The topological polar surface area (TPSA) is 42.0 Å². The SMILES string of the molecule is CC(=O)Nc1nc(C2=CCCC2)c(CC(C)C)s1. The summed E-state index contributed by atoms with van der Waals surface area (Å²) in [6.07, 6.45) is 6.82. The van der Waals surface area contributed by atoms with E-state index in [-0.39, 0.29) is 5.91 Å². The molecule has 2 rings (SSSR count). The molecular weight excluding hydrogens is 244 g/mol. The summed E-state index contributed by atoms with van der Waals surface area (Å²) in [6.45, 7) is 5.95. The second-order valence-corrected chi connectivity index (χ2v) is 6.28. The molecule has 1 aromatic heterocycles. The molecule has 0 bridgehead atoms. The van der Waals surface area contributed by atoms with Crippen molar-refractivity contribution >= 4 is 27.9 Å². The molecule has 0 fully saturated rings. The summed E-state index contributed by atoms with van der Waals surface area (Å²) in [5, 5.41) is 3.54. The standard InChI is InChI=1S/C14H20N2OS/c1-9(2)8-12-13(11-6-4-5-7-11)16-14(18-12)15-10(3)17/h6,9H,4-5,7-8H2,1-3H3,(H,15,16,17). The lowest BCUT2D eigenvalue weighted by Gasteiger charge is -2.05. The van der Waals surface area contributed by atoms with Gasteiger partial charge in [0.2, 0.25) is 5.91 Å². The van der Waals surface area contributed by atoms with Crippen molar-refractivity contribution in [1.82, 2.24) is 4.98 Å². The van der Waals surface area contributed by atoms with Crippen LogP contribution in [0.25, 0.3) is 5.57 Å². The maximum Gasteiger partial charge on any atom is 0.223 e. The van der Waals surface area contributed by atoms with Crippen molar-refractivity contribution in [1.29, 1.82) is 0 Å². The number of anilines is 1. The van der Waals surface area contributed by atoms with Gasteiger partial charge >= 0.3 is 0 Å². The van der Waals surface area contributed by atoms with Crippen LogP contribution in [-0.4, -0.2) is 10.9 Å². The molecule has 0 saturated carbocycles. The van der Waals surface area contributed by atoms with Crippen molar-refractivity contribution < 1.29 is 4.79 Å². The van der Waals surface area contributed by atoms with E-state index in [1.165, 1.54) is 23.8 Å². The molecule has 1 aliphatic carbocycles. The molecule has 1 amide bonds. The number of allylic oxidation sites excluding steroid dienone is 2. The summed E-state index contributed by atoms with van der Waals surface area (Å²) < 4.78 is 0. The first-order chi connectivity index (χ1) is 8.56. The minimum atomic E-state index is -0.0493. The van der Waals surface area contributed by atoms with Crippen LogP contribution in [0.15, 0.2) is 6.08 Å². The fourth-order valence-corrected chi connectivity index (χ4v) is 3.46. The Hall–Kier alpha value is -1.16. The van der Waals surface area contributed by atoms with Crippen molar-refractivity contribution in [2.45, 2.75) is 46.5 Å². The van der Waals surface area contributed by atoms with E-state index < -0.39 is 0 Å². The number of carbonyl (C=O) groups is 1. The highest BCUT2D eigenvalue weighted by atomic mass is 32.1. The van der Waals surface area contributed by atoms with E-state index in [1.807, 2.05) is 0 Å². The molecule has 1 heterocycles. The van der Waals surface area contributed by atoms with Crippen LogP contribution in [0.1, 0.15) is 50.6 Å². The Morgan fingerprint density at radius 2 is 2.33 bits per heavy atom. The summed E-state index contributed by atoms with van der Waals surface area (Å²) in [5.41, 5.74) is 2.48. The molecule has 0 unspecified atom stereocenters. The summed E-state index contributed by atoms with van der Waals surface area (Å²) in [7, 11) is 0. The Morgan fingerprint density at radius 1 is 1.56 bits per heavy atom. The number of amides is 1. The van der Waals surface area contributed by atoms with Crippen molar-refractivity contribution in [2.75, 3.05) is 5.32 Å². The van der Waals surface area contributed by atoms with Gasteiger partial charge in [0.15, 0.2) is 5.13 Å². The minimum absolute atomic E-state index is 0.0493. The Labute approximate surface area is 112 Å². The maximum absolute atomic E-state index is 11.1. The van der Waals surface area contributed by atoms with Gasteiger partial charge in [0, 0.05) is 11.8 Å². The smallest absolute Gasteiger partial charge is 0.223 e. The highest BCUT2D eigenvalue weighted by molar-refractivity contribution is 7.16. The number of nitrogens with one attached hydrogen (secondary N) is 1. The molecule has 0 atom stereocenters. The van der Waals surface area contributed by atoms with E-state index in [4.69, 9.17) is 0 Å². The first-order valence-corrected chi connectivity index (χ1v) is 7.34. The van der Waals surface area contributed by atoms with E-state index in [0.29, 0.717) is 5.92 Å². The van der Waals surface area contributed by atoms with E-state index >= 15 is 0 Å². The molecule has 0 radical (unpaired) electrons. The molecule has 1 N–H and O–H groups in total. The fraction of sp³-hybridized carbons (Fsp3) is 0.571. The van der Waals surface area contributed by atoms with Crippen LogP contribution in [0.2, 0.25) is 0 Å². The first-order valence-electron chi connectivity index (χ1n) is 6.53. The Morgan fingerprint density at radius 3 is 2.89 bits per heavy atom. The summed E-state index contributed by atoms with van der Waals surface area (Å²) in [5.74, 6) is 0.558. The average Bonchev–Trinajstić information content (AvgIpc) is 2.85. The molecule has 1 aliphatic rings. The number of hydrogen-bond acceptors (Lipinski definition) is 3. The second-order valence-electron chi connectivity index (χ2n) is 5.19. The lowest BCUT2D eigenvalue weighted by atomic mass is 10.0. The normalized spacial score (nSPS) is 15.0. The maximum atomic E-state index is 11.1. The van der Waals surface area contributed by atoms with E-state index in [2.05, 4.69) is 30.2 Å². The van der Waals surface area contributed by atoms with Gasteiger partial charge in [-0.05, 0) is 37.2 Å². The van der Waals surface area contributed by atoms with Gasteiger partial charge < -0.3 is 5.32 Å². The molecule has 4 heteroatoms. The molecule has 0 aromatic carbocycles. The number of thiazole rings is 1. The molecule has 0 aliphatic heterocycles.